The third kappa shape index (κ3) is 3.68. The van der Waals surface area contributed by atoms with Crippen LogP contribution in [0.25, 0.3) is 10.3 Å². The fourth-order valence-electron chi connectivity index (χ4n) is 3.16. The summed E-state index contributed by atoms with van der Waals surface area (Å²) < 4.78 is 6.68. The maximum Gasteiger partial charge on any atom is 0.253 e. The van der Waals surface area contributed by atoms with E-state index >= 15 is 0 Å². The van der Waals surface area contributed by atoms with Crippen molar-refractivity contribution in [3.8, 4) is 0 Å². The summed E-state index contributed by atoms with van der Waals surface area (Å²) in [6.45, 7) is 3.92. The Kier molecular flexibility index (Phi) is 4.25. The first-order chi connectivity index (χ1) is 11.9. The van der Waals surface area contributed by atoms with Crippen LogP contribution in [0.2, 0.25) is 0 Å². The van der Waals surface area contributed by atoms with Gasteiger partial charge in [0.1, 0.15) is 0 Å². The van der Waals surface area contributed by atoms with Gasteiger partial charge in [-0.05, 0) is 45.6 Å². The zero-order valence-electron chi connectivity index (χ0n) is 14.5. The topological polar surface area (TPSA) is 84.3 Å². The second kappa shape index (κ2) is 6.30. The van der Waals surface area contributed by atoms with Gasteiger partial charge in [0.2, 0.25) is 0 Å². The molecule has 25 heavy (non-hydrogen) atoms. The van der Waals surface area contributed by atoms with E-state index in [1.807, 2.05) is 6.07 Å². The van der Waals surface area contributed by atoms with Crippen LogP contribution in [0.15, 0.2) is 12.3 Å². The second-order valence-electron chi connectivity index (χ2n) is 7.60. The lowest BCUT2D eigenvalue weighted by molar-refractivity contribution is -0.114. The molecular formula is C18H23N3O3S. The van der Waals surface area contributed by atoms with Crippen molar-refractivity contribution in [1.82, 2.24) is 15.3 Å². The molecule has 1 unspecified atom stereocenters. The zero-order chi connectivity index (χ0) is 17.6. The number of aliphatic hydroxyl groups is 1. The molecule has 0 spiro atoms. The van der Waals surface area contributed by atoms with Crippen molar-refractivity contribution in [2.45, 2.75) is 63.2 Å². The SMILES string of the molecule is CC(C)(O)[C@@H]1CCC(NC(=O)c2cnc3nc(C4CC4)sc3c2)CO1. The molecule has 2 aromatic heterocycles. The lowest BCUT2D eigenvalue weighted by Crippen LogP contribution is -2.48. The van der Waals surface area contributed by atoms with E-state index in [1.54, 1.807) is 31.4 Å². The van der Waals surface area contributed by atoms with Crippen LogP contribution in [0.3, 0.4) is 0 Å². The predicted molar refractivity (Wildman–Crippen MR) is 95.9 cm³/mol. The number of carbonyl (C=O) groups is 1. The molecule has 4 rings (SSSR count). The molecule has 1 amide bonds. The summed E-state index contributed by atoms with van der Waals surface area (Å²) in [6, 6.07) is 1.84. The van der Waals surface area contributed by atoms with Gasteiger partial charge >= 0.3 is 0 Å². The highest BCUT2D eigenvalue weighted by Gasteiger charge is 2.33. The zero-order valence-corrected chi connectivity index (χ0v) is 15.3. The van der Waals surface area contributed by atoms with E-state index in [0.717, 1.165) is 28.2 Å². The summed E-state index contributed by atoms with van der Waals surface area (Å²) in [5.74, 6) is 0.464. The molecule has 2 aromatic rings. The largest absolute Gasteiger partial charge is 0.388 e. The van der Waals surface area contributed by atoms with Crippen LogP contribution in [0.5, 0.6) is 0 Å². The molecule has 0 aromatic carbocycles. The van der Waals surface area contributed by atoms with Crippen molar-refractivity contribution >= 4 is 27.6 Å². The highest BCUT2D eigenvalue weighted by atomic mass is 32.1. The van der Waals surface area contributed by atoms with Gasteiger partial charge in [-0.25, -0.2) is 9.97 Å². The third-order valence-corrected chi connectivity index (χ3v) is 6.01. The van der Waals surface area contributed by atoms with Gasteiger partial charge in [0, 0.05) is 12.1 Å². The Morgan fingerprint density at radius 3 is 2.80 bits per heavy atom. The number of nitrogens with zero attached hydrogens (tertiary/aromatic N) is 2. The van der Waals surface area contributed by atoms with E-state index in [9.17, 15) is 9.90 Å². The molecule has 0 radical (unpaired) electrons. The summed E-state index contributed by atoms with van der Waals surface area (Å²) >= 11 is 1.64. The Morgan fingerprint density at radius 2 is 2.16 bits per heavy atom. The van der Waals surface area contributed by atoms with Gasteiger partial charge in [-0.1, -0.05) is 0 Å². The minimum absolute atomic E-state index is 0.0368. The van der Waals surface area contributed by atoms with Crippen LogP contribution < -0.4 is 5.32 Å². The monoisotopic (exact) mass is 361 g/mol. The van der Waals surface area contributed by atoms with Crippen LogP contribution in [-0.4, -0.2) is 45.3 Å². The molecule has 2 fully saturated rings. The Hall–Kier alpha value is -1.57. The van der Waals surface area contributed by atoms with Crippen molar-refractivity contribution in [1.29, 1.82) is 0 Å². The van der Waals surface area contributed by atoms with Gasteiger partial charge in [0.15, 0.2) is 5.65 Å². The molecule has 2 N–H and O–H groups in total. The highest BCUT2D eigenvalue weighted by molar-refractivity contribution is 7.18. The van der Waals surface area contributed by atoms with E-state index < -0.39 is 5.60 Å². The average molecular weight is 361 g/mol. The van der Waals surface area contributed by atoms with E-state index in [2.05, 4.69) is 15.3 Å². The summed E-state index contributed by atoms with van der Waals surface area (Å²) in [7, 11) is 0. The molecule has 1 aliphatic heterocycles. The molecule has 0 bridgehead atoms. The van der Waals surface area contributed by atoms with Crippen molar-refractivity contribution in [3.63, 3.8) is 0 Å². The number of thiazole rings is 1. The number of aromatic nitrogens is 2. The molecule has 6 nitrogen and oxygen atoms in total. The lowest BCUT2D eigenvalue weighted by Gasteiger charge is -2.36. The lowest BCUT2D eigenvalue weighted by atomic mass is 9.93. The molecule has 134 valence electrons. The third-order valence-electron chi connectivity index (χ3n) is 4.85. The van der Waals surface area contributed by atoms with Gasteiger partial charge in [-0.15, -0.1) is 11.3 Å². The second-order valence-corrected chi connectivity index (χ2v) is 8.66. The van der Waals surface area contributed by atoms with Crippen LogP contribution >= 0.6 is 11.3 Å². The van der Waals surface area contributed by atoms with Crippen molar-refractivity contribution in [2.75, 3.05) is 6.61 Å². The maximum atomic E-state index is 12.5. The number of fused-ring (bicyclic) bond motifs is 1. The molecule has 1 saturated carbocycles. The van der Waals surface area contributed by atoms with Crippen molar-refractivity contribution in [3.05, 3.63) is 22.8 Å². The number of carbonyl (C=O) groups excluding carboxylic acids is 1. The first-order valence-corrected chi connectivity index (χ1v) is 9.63. The standard InChI is InChI=1S/C18H23N3O3S/c1-18(2,23)14-6-5-12(9-24-14)20-16(22)11-7-13-15(19-8-11)21-17(25-13)10-3-4-10/h7-8,10,12,14,23H,3-6,9H2,1-2H3,(H,20,22)/t12?,14-/m0/s1. The minimum atomic E-state index is -0.852. The molecule has 7 heteroatoms. The van der Waals surface area contributed by atoms with E-state index in [0.29, 0.717) is 18.1 Å². The van der Waals surface area contributed by atoms with Crippen molar-refractivity contribution in [2.24, 2.45) is 0 Å². The Balaban J connectivity index is 1.40. The van der Waals surface area contributed by atoms with E-state index in [4.69, 9.17) is 4.74 Å². The first kappa shape index (κ1) is 16.9. The van der Waals surface area contributed by atoms with Gasteiger partial charge in [0.25, 0.3) is 5.91 Å². The summed E-state index contributed by atoms with van der Waals surface area (Å²) in [5, 5.41) is 14.2. The summed E-state index contributed by atoms with van der Waals surface area (Å²) in [4.78, 5) is 21.4. The number of ether oxygens (including phenoxy) is 1. The molecule has 2 atom stereocenters. The minimum Gasteiger partial charge on any atom is -0.388 e. The van der Waals surface area contributed by atoms with Crippen LogP contribution in [0.1, 0.15) is 60.8 Å². The summed E-state index contributed by atoms with van der Waals surface area (Å²) in [6.07, 6.45) is 5.35. The number of amides is 1. The molecule has 1 saturated heterocycles. The normalized spacial score (nSPS) is 24.4. The van der Waals surface area contributed by atoms with Gasteiger partial charge < -0.3 is 15.2 Å². The smallest absolute Gasteiger partial charge is 0.253 e. The Labute approximate surface area is 150 Å². The number of nitrogens with one attached hydrogen (secondary N) is 1. The summed E-state index contributed by atoms with van der Waals surface area (Å²) in [5.41, 5.74) is 0.440. The number of rotatable bonds is 4. The Bertz CT molecular complexity index is 786. The molecular weight excluding hydrogens is 338 g/mol. The number of pyridine rings is 1. The fraction of sp³-hybridized carbons (Fsp3) is 0.611. The molecule has 3 heterocycles. The van der Waals surface area contributed by atoms with E-state index in [-0.39, 0.29) is 18.1 Å². The van der Waals surface area contributed by atoms with Crippen molar-refractivity contribution < 1.29 is 14.6 Å². The maximum absolute atomic E-state index is 12.5. The predicted octanol–water partition coefficient (Wildman–Crippen LogP) is 2.62. The van der Waals surface area contributed by atoms with Crippen LogP contribution in [0.4, 0.5) is 0 Å². The van der Waals surface area contributed by atoms with Gasteiger partial charge in [-0.3, -0.25) is 4.79 Å². The molecule has 1 aliphatic carbocycles. The first-order valence-electron chi connectivity index (χ1n) is 8.81. The van der Waals surface area contributed by atoms with E-state index in [1.165, 1.54) is 12.8 Å². The number of hydrogen-bond donors (Lipinski definition) is 2. The average Bonchev–Trinajstić information content (AvgIpc) is 3.33. The molecule has 2 aliphatic rings. The van der Waals surface area contributed by atoms with Crippen LogP contribution in [-0.2, 0) is 4.74 Å². The Morgan fingerprint density at radius 1 is 1.36 bits per heavy atom. The quantitative estimate of drug-likeness (QED) is 0.874. The van der Waals surface area contributed by atoms with Crippen LogP contribution in [0, 0.1) is 0 Å². The highest BCUT2D eigenvalue weighted by Crippen LogP contribution is 2.43. The van der Waals surface area contributed by atoms with Gasteiger partial charge in [-0.2, -0.15) is 0 Å². The van der Waals surface area contributed by atoms with Gasteiger partial charge in [0.05, 0.1) is 39.6 Å². The fourth-order valence-corrected chi connectivity index (χ4v) is 4.29. The number of hydrogen-bond acceptors (Lipinski definition) is 6.